The third kappa shape index (κ3) is 4.90. The van der Waals surface area contributed by atoms with Crippen LogP contribution in [0.25, 0.3) is 6.08 Å². The second-order valence-corrected chi connectivity index (χ2v) is 9.93. The Morgan fingerprint density at radius 3 is 2.59 bits per heavy atom. The number of ether oxygens (including phenoxy) is 2. The molecule has 3 aliphatic rings. The summed E-state index contributed by atoms with van der Waals surface area (Å²) in [6.07, 6.45) is 2.81. The van der Waals surface area contributed by atoms with E-state index in [1.807, 2.05) is 47.4 Å². The standard InChI is InChI=1S/C25H25N3O4S2/c29-23(27-13-11-26(12-14-27)19-5-2-1-3-6-19)7-4-10-28-24(30)22(34-25(28)33)16-18-8-9-20-21(15-18)32-17-31-20/h1-3,5-6,8-9,15-16H,4,7,10-14,17H2/b22-16-. The van der Waals surface area contributed by atoms with E-state index in [1.54, 1.807) is 4.90 Å². The van der Waals surface area contributed by atoms with E-state index >= 15 is 0 Å². The van der Waals surface area contributed by atoms with Crippen LogP contribution in [0.4, 0.5) is 5.69 Å². The maximum atomic E-state index is 12.9. The zero-order chi connectivity index (χ0) is 23.5. The predicted octanol–water partition coefficient (Wildman–Crippen LogP) is 3.75. The maximum absolute atomic E-state index is 12.9. The normalized spacial score (nSPS) is 18.8. The summed E-state index contributed by atoms with van der Waals surface area (Å²) in [6.45, 7) is 3.74. The average Bonchev–Trinajstić information content (AvgIpc) is 3.44. The largest absolute Gasteiger partial charge is 0.454 e. The molecule has 5 rings (SSSR count). The number of anilines is 1. The number of rotatable bonds is 6. The second kappa shape index (κ2) is 10.1. The van der Waals surface area contributed by atoms with Crippen molar-refractivity contribution in [1.29, 1.82) is 0 Å². The monoisotopic (exact) mass is 495 g/mol. The molecular weight excluding hydrogens is 470 g/mol. The Morgan fingerprint density at radius 1 is 1.03 bits per heavy atom. The zero-order valence-electron chi connectivity index (χ0n) is 18.6. The van der Waals surface area contributed by atoms with E-state index in [0.29, 0.717) is 53.2 Å². The molecule has 0 spiro atoms. The van der Waals surface area contributed by atoms with Crippen molar-refractivity contribution in [2.45, 2.75) is 12.8 Å². The lowest BCUT2D eigenvalue weighted by Gasteiger charge is -2.36. The minimum Gasteiger partial charge on any atom is -0.454 e. The van der Waals surface area contributed by atoms with Gasteiger partial charge in [-0.25, -0.2) is 0 Å². The van der Waals surface area contributed by atoms with E-state index in [9.17, 15) is 9.59 Å². The number of fused-ring (bicyclic) bond motifs is 1. The smallest absolute Gasteiger partial charge is 0.266 e. The van der Waals surface area contributed by atoms with Crippen LogP contribution >= 0.6 is 24.0 Å². The van der Waals surface area contributed by atoms with Crippen molar-refractivity contribution < 1.29 is 19.1 Å². The van der Waals surface area contributed by atoms with Crippen LogP contribution in [0.15, 0.2) is 53.4 Å². The number of hydrogen-bond donors (Lipinski definition) is 0. The molecule has 0 radical (unpaired) electrons. The molecule has 2 saturated heterocycles. The summed E-state index contributed by atoms with van der Waals surface area (Å²) in [5.74, 6) is 1.40. The molecule has 2 aromatic carbocycles. The fourth-order valence-electron chi connectivity index (χ4n) is 4.25. The van der Waals surface area contributed by atoms with Gasteiger partial charge in [-0.2, -0.15) is 0 Å². The Morgan fingerprint density at radius 2 is 1.79 bits per heavy atom. The van der Waals surface area contributed by atoms with Gasteiger partial charge in [0.05, 0.1) is 4.91 Å². The SMILES string of the molecule is O=C(CCCN1C(=O)/C(=C/c2ccc3c(c2)OCO3)SC1=S)N1CCN(c2ccccc2)CC1. The van der Waals surface area contributed by atoms with Crippen LogP contribution in [0.2, 0.25) is 0 Å². The highest BCUT2D eigenvalue weighted by Crippen LogP contribution is 2.36. The van der Waals surface area contributed by atoms with Gasteiger partial charge in [-0.15, -0.1) is 0 Å². The molecule has 0 aliphatic carbocycles. The van der Waals surface area contributed by atoms with Crippen molar-refractivity contribution in [2.75, 3.05) is 44.4 Å². The summed E-state index contributed by atoms with van der Waals surface area (Å²) >= 11 is 6.73. The number of amides is 2. The Labute approximate surface area is 208 Å². The third-order valence-electron chi connectivity index (χ3n) is 6.09. The molecule has 0 aromatic heterocycles. The molecule has 3 heterocycles. The highest BCUT2D eigenvalue weighted by Gasteiger charge is 2.32. The maximum Gasteiger partial charge on any atom is 0.266 e. The topological polar surface area (TPSA) is 62.3 Å². The number of hydrogen-bond acceptors (Lipinski definition) is 7. The van der Waals surface area contributed by atoms with Gasteiger partial charge in [-0.3, -0.25) is 14.5 Å². The molecule has 0 bridgehead atoms. The van der Waals surface area contributed by atoms with Crippen LogP contribution < -0.4 is 14.4 Å². The zero-order valence-corrected chi connectivity index (χ0v) is 20.3. The van der Waals surface area contributed by atoms with Gasteiger partial charge >= 0.3 is 0 Å². The third-order valence-corrected chi connectivity index (χ3v) is 7.47. The minimum absolute atomic E-state index is 0.114. The number of benzene rings is 2. The lowest BCUT2D eigenvalue weighted by molar-refractivity contribution is -0.132. The van der Waals surface area contributed by atoms with Crippen molar-refractivity contribution in [2.24, 2.45) is 0 Å². The minimum atomic E-state index is -0.114. The molecule has 0 N–H and O–H groups in total. The molecule has 176 valence electrons. The van der Waals surface area contributed by atoms with Gasteiger partial charge < -0.3 is 19.3 Å². The second-order valence-electron chi connectivity index (χ2n) is 8.25. The van der Waals surface area contributed by atoms with Crippen LogP contribution in [0.3, 0.4) is 0 Å². The fraction of sp³-hybridized carbons (Fsp3) is 0.320. The molecule has 34 heavy (non-hydrogen) atoms. The van der Waals surface area contributed by atoms with Crippen molar-refractivity contribution in [3.8, 4) is 11.5 Å². The molecule has 9 heteroatoms. The first-order valence-electron chi connectivity index (χ1n) is 11.3. The Balaban J connectivity index is 1.10. The van der Waals surface area contributed by atoms with Crippen LogP contribution in [-0.4, -0.2) is 65.5 Å². The number of piperazine rings is 1. The molecule has 0 unspecified atom stereocenters. The van der Waals surface area contributed by atoms with Crippen LogP contribution in [0.1, 0.15) is 18.4 Å². The van der Waals surface area contributed by atoms with E-state index < -0.39 is 0 Å². The van der Waals surface area contributed by atoms with Gasteiger partial charge in [-0.05, 0) is 42.3 Å². The van der Waals surface area contributed by atoms with Crippen LogP contribution in [0, 0.1) is 0 Å². The summed E-state index contributed by atoms with van der Waals surface area (Å²) in [5, 5.41) is 0. The summed E-state index contributed by atoms with van der Waals surface area (Å²) < 4.78 is 11.3. The van der Waals surface area contributed by atoms with Crippen LogP contribution in [0.5, 0.6) is 11.5 Å². The first kappa shape index (κ1) is 22.7. The first-order chi connectivity index (χ1) is 16.6. The predicted molar refractivity (Wildman–Crippen MR) is 137 cm³/mol. The van der Waals surface area contributed by atoms with Gasteiger partial charge in [0.2, 0.25) is 12.7 Å². The van der Waals surface area contributed by atoms with Gasteiger partial charge in [0.25, 0.3) is 5.91 Å². The van der Waals surface area contributed by atoms with Crippen molar-refractivity contribution in [3.63, 3.8) is 0 Å². The van der Waals surface area contributed by atoms with Crippen molar-refractivity contribution in [3.05, 3.63) is 59.0 Å². The summed E-state index contributed by atoms with van der Waals surface area (Å²) in [4.78, 5) is 32.0. The van der Waals surface area contributed by atoms with E-state index in [2.05, 4.69) is 17.0 Å². The molecule has 2 amide bonds. The Kier molecular flexibility index (Phi) is 6.73. The van der Waals surface area contributed by atoms with E-state index in [-0.39, 0.29) is 18.6 Å². The summed E-state index contributed by atoms with van der Waals surface area (Å²) in [6, 6.07) is 15.8. The average molecular weight is 496 g/mol. The molecule has 2 aromatic rings. The highest BCUT2D eigenvalue weighted by atomic mass is 32.2. The molecular formula is C25H25N3O4S2. The van der Waals surface area contributed by atoms with Gasteiger partial charge in [0.1, 0.15) is 4.32 Å². The summed E-state index contributed by atoms with van der Waals surface area (Å²) in [5.41, 5.74) is 2.05. The highest BCUT2D eigenvalue weighted by molar-refractivity contribution is 8.26. The lowest BCUT2D eigenvalue weighted by Crippen LogP contribution is -2.48. The van der Waals surface area contributed by atoms with Gasteiger partial charge in [0, 0.05) is 44.8 Å². The number of thiocarbonyl (C=S) groups is 1. The number of para-hydroxylation sites is 1. The summed E-state index contributed by atoms with van der Waals surface area (Å²) in [7, 11) is 0. The van der Waals surface area contributed by atoms with Crippen LogP contribution in [-0.2, 0) is 9.59 Å². The van der Waals surface area contributed by atoms with Crippen molar-refractivity contribution >= 4 is 51.9 Å². The van der Waals surface area contributed by atoms with Gasteiger partial charge in [0.15, 0.2) is 11.5 Å². The Hall–Kier alpha value is -3.04. The quantitative estimate of drug-likeness (QED) is 0.447. The van der Waals surface area contributed by atoms with Crippen molar-refractivity contribution in [1.82, 2.24) is 9.80 Å². The number of thioether (sulfide) groups is 1. The molecule has 0 atom stereocenters. The molecule has 0 saturated carbocycles. The number of nitrogens with zero attached hydrogens (tertiary/aromatic N) is 3. The van der Waals surface area contributed by atoms with E-state index in [4.69, 9.17) is 21.7 Å². The molecule has 7 nitrogen and oxygen atoms in total. The fourth-order valence-corrected chi connectivity index (χ4v) is 5.55. The Bertz CT molecular complexity index is 1130. The first-order valence-corrected chi connectivity index (χ1v) is 12.5. The molecule has 3 aliphatic heterocycles. The molecule has 2 fully saturated rings. The van der Waals surface area contributed by atoms with Gasteiger partial charge in [-0.1, -0.05) is 48.2 Å². The number of carbonyl (C=O) groups excluding carboxylic acids is 2. The van der Waals surface area contributed by atoms with E-state index in [0.717, 1.165) is 18.7 Å². The van der Waals surface area contributed by atoms with E-state index in [1.165, 1.54) is 17.4 Å². The number of carbonyl (C=O) groups is 2. The lowest BCUT2D eigenvalue weighted by atomic mass is 10.2.